The van der Waals surface area contributed by atoms with Crippen LogP contribution in [0, 0.1) is 13.8 Å². The van der Waals surface area contributed by atoms with Crippen LogP contribution in [0.25, 0.3) is 28.1 Å². The summed E-state index contributed by atoms with van der Waals surface area (Å²) in [6.07, 6.45) is 0. The van der Waals surface area contributed by atoms with E-state index in [0.717, 1.165) is 33.5 Å². The fraction of sp³-hybridized carbons (Fsp3) is 0.115. The van der Waals surface area contributed by atoms with Gasteiger partial charge in [-0.25, -0.2) is 9.48 Å². The lowest BCUT2D eigenvalue weighted by atomic mass is 10.00. The van der Waals surface area contributed by atoms with E-state index in [9.17, 15) is 14.7 Å². The Balaban J connectivity index is 1.78. The summed E-state index contributed by atoms with van der Waals surface area (Å²) < 4.78 is 1.68. The summed E-state index contributed by atoms with van der Waals surface area (Å²) in [5, 5.41) is 13.8. The van der Waals surface area contributed by atoms with Crippen molar-refractivity contribution in [3.63, 3.8) is 0 Å². The van der Waals surface area contributed by atoms with Crippen LogP contribution in [0.5, 0.6) is 0 Å². The van der Waals surface area contributed by atoms with E-state index < -0.39 is 5.97 Å². The molecule has 0 aliphatic heterocycles. The topological polar surface area (TPSA) is 72.2 Å². The molecule has 0 saturated heterocycles. The van der Waals surface area contributed by atoms with Crippen LogP contribution in [0.2, 0.25) is 0 Å². The molecule has 3 aromatic carbocycles. The van der Waals surface area contributed by atoms with E-state index in [1.165, 1.54) is 0 Å². The van der Waals surface area contributed by atoms with Gasteiger partial charge in [-0.3, -0.25) is 4.79 Å². The molecule has 0 atom stereocenters. The minimum Gasteiger partial charge on any atom is -0.476 e. The smallest absolute Gasteiger partial charge is 0.356 e. The number of benzene rings is 3. The molecule has 0 unspecified atom stereocenters. The average molecular weight is 410 g/mol. The molecular formula is C26H22N2O3. The van der Waals surface area contributed by atoms with Gasteiger partial charge in [0.15, 0.2) is 11.5 Å². The van der Waals surface area contributed by atoms with E-state index in [1.54, 1.807) is 23.7 Å². The highest BCUT2D eigenvalue weighted by molar-refractivity contribution is 5.95. The van der Waals surface area contributed by atoms with Gasteiger partial charge >= 0.3 is 5.97 Å². The van der Waals surface area contributed by atoms with Crippen molar-refractivity contribution in [1.29, 1.82) is 0 Å². The van der Waals surface area contributed by atoms with Gasteiger partial charge in [-0.1, -0.05) is 60.2 Å². The van der Waals surface area contributed by atoms with Gasteiger partial charge < -0.3 is 5.11 Å². The van der Waals surface area contributed by atoms with E-state index in [1.807, 2.05) is 74.5 Å². The zero-order valence-electron chi connectivity index (χ0n) is 17.6. The number of hydrogen-bond acceptors (Lipinski definition) is 3. The van der Waals surface area contributed by atoms with Crippen LogP contribution in [0.1, 0.15) is 38.9 Å². The minimum atomic E-state index is -1.07. The lowest BCUT2D eigenvalue weighted by Crippen LogP contribution is -2.04. The van der Waals surface area contributed by atoms with E-state index in [2.05, 4.69) is 5.10 Å². The second-order valence-corrected chi connectivity index (χ2v) is 7.64. The van der Waals surface area contributed by atoms with Crippen LogP contribution in [0.4, 0.5) is 0 Å². The quantitative estimate of drug-likeness (QED) is 0.427. The normalized spacial score (nSPS) is 10.8. The Hall–Kier alpha value is -3.99. The number of rotatable bonds is 5. The van der Waals surface area contributed by atoms with Crippen molar-refractivity contribution < 1.29 is 14.7 Å². The molecule has 0 spiro atoms. The van der Waals surface area contributed by atoms with Crippen molar-refractivity contribution >= 4 is 11.8 Å². The maximum Gasteiger partial charge on any atom is 0.356 e. The number of carboxylic acids is 1. The molecule has 0 bridgehead atoms. The number of aromatic carboxylic acids is 1. The molecule has 4 aromatic rings. The molecule has 0 radical (unpaired) electrons. The standard InChI is InChI=1S/C26H22N2O3/c1-16-7-12-24(17(2)13-16)28-25(15-23(27-28)26(30)31)20-10-8-19(9-11-20)22-6-4-5-21(14-22)18(3)29/h4-15H,1-3H3,(H,30,31). The number of carbonyl (C=O) groups excluding carboxylic acids is 1. The number of hydrogen-bond donors (Lipinski definition) is 1. The summed E-state index contributed by atoms with van der Waals surface area (Å²) in [6.45, 7) is 5.55. The predicted octanol–water partition coefficient (Wildman–Crippen LogP) is 5.72. The van der Waals surface area contributed by atoms with Crippen LogP contribution in [0.3, 0.4) is 0 Å². The number of carbonyl (C=O) groups is 2. The largest absolute Gasteiger partial charge is 0.476 e. The van der Waals surface area contributed by atoms with Crippen LogP contribution in [-0.2, 0) is 0 Å². The van der Waals surface area contributed by atoms with Gasteiger partial charge in [0.05, 0.1) is 11.4 Å². The van der Waals surface area contributed by atoms with E-state index in [-0.39, 0.29) is 11.5 Å². The highest BCUT2D eigenvalue weighted by atomic mass is 16.4. The fourth-order valence-corrected chi connectivity index (χ4v) is 3.67. The Morgan fingerprint density at radius 2 is 1.55 bits per heavy atom. The van der Waals surface area contributed by atoms with Crippen LogP contribution in [-0.4, -0.2) is 26.6 Å². The second kappa shape index (κ2) is 8.03. The molecule has 0 saturated carbocycles. The first-order valence-corrected chi connectivity index (χ1v) is 9.96. The van der Waals surface area contributed by atoms with E-state index >= 15 is 0 Å². The lowest BCUT2D eigenvalue weighted by molar-refractivity contribution is 0.0689. The lowest BCUT2D eigenvalue weighted by Gasteiger charge is -2.12. The molecule has 5 nitrogen and oxygen atoms in total. The number of ketones is 1. The molecule has 5 heteroatoms. The van der Waals surface area contributed by atoms with Crippen molar-refractivity contribution in [2.24, 2.45) is 0 Å². The average Bonchev–Trinajstić information content (AvgIpc) is 3.19. The summed E-state index contributed by atoms with van der Waals surface area (Å²) in [7, 11) is 0. The van der Waals surface area contributed by atoms with Gasteiger partial charge in [0.1, 0.15) is 0 Å². The van der Waals surface area contributed by atoms with Crippen LogP contribution < -0.4 is 0 Å². The maximum absolute atomic E-state index is 11.7. The highest BCUT2D eigenvalue weighted by Gasteiger charge is 2.17. The number of aromatic nitrogens is 2. The minimum absolute atomic E-state index is 0.00629. The molecular weight excluding hydrogens is 388 g/mol. The first-order chi connectivity index (χ1) is 14.8. The van der Waals surface area contributed by atoms with Gasteiger partial charge in [0, 0.05) is 11.1 Å². The van der Waals surface area contributed by atoms with Crippen LogP contribution in [0.15, 0.2) is 72.8 Å². The second-order valence-electron chi connectivity index (χ2n) is 7.64. The van der Waals surface area contributed by atoms with Gasteiger partial charge in [0.2, 0.25) is 0 Å². The first kappa shape index (κ1) is 20.3. The fourth-order valence-electron chi connectivity index (χ4n) is 3.67. The van der Waals surface area contributed by atoms with Gasteiger partial charge in [0.25, 0.3) is 0 Å². The molecule has 1 N–H and O–H groups in total. The Morgan fingerprint density at radius 3 is 2.19 bits per heavy atom. The van der Waals surface area contributed by atoms with Crippen molar-refractivity contribution in [3.8, 4) is 28.1 Å². The molecule has 0 aliphatic carbocycles. The highest BCUT2D eigenvalue weighted by Crippen LogP contribution is 2.29. The number of aryl methyl sites for hydroxylation is 2. The third-order valence-electron chi connectivity index (χ3n) is 5.29. The Kier molecular flexibility index (Phi) is 5.26. The van der Waals surface area contributed by atoms with Crippen LogP contribution >= 0.6 is 0 Å². The molecule has 4 rings (SSSR count). The molecule has 1 heterocycles. The molecule has 0 fully saturated rings. The molecule has 0 aliphatic rings. The van der Waals surface area contributed by atoms with E-state index in [0.29, 0.717) is 11.3 Å². The number of nitrogens with zero attached hydrogens (tertiary/aromatic N) is 2. The Labute approximate surface area is 180 Å². The predicted molar refractivity (Wildman–Crippen MR) is 121 cm³/mol. The Bertz CT molecular complexity index is 1300. The summed E-state index contributed by atoms with van der Waals surface area (Å²) >= 11 is 0. The van der Waals surface area contributed by atoms with Crippen molar-refractivity contribution in [2.75, 3.05) is 0 Å². The first-order valence-electron chi connectivity index (χ1n) is 9.96. The Morgan fingerprint density at radius 1 is 0.839 bits per heavy atom. The molecule has 154 valence electrons. The SMILES string of the molecule is CC(=O)c1cccc(-c2ccc(-c3cc(C(=O)O)nn3-c3ccc(C)cc3C)cc2)c1. The number of Topliss-reactive ketones (excluding diaryl/α,β-unsaturated/α-hetero) is 1. The van der Waals surface area contributed by atoms with Gasteiger partial charge in [-0.2, -0.15) is 5.10 Å². The van der Waals surface area contributed by atoms with Crippen molar-refractivity contribution in [1.82, 2.24) is 9.78 Å². The number of carboxylic acid groups (broad SMARTS) is 1. The maximum atomic E-state index is 11.7. The van der Waals surface area contributed by atoms with E-state index in [4.69, 9.17) is 0 Å². The monoisotopic (exact) mass is 410 g/mol. The summed E-state index contributed by atoms with van der Waals surface area (Å²) in [4.78, 5) is 23.3. The van der Waals surface area contributed by atoms with Crippen molar-refractivity contribution in [2.45, 2.75) is 20.8 Å². The zero-order valence-corrected chi connectivity index (χ0v) is 17.6. The zero-order chi connectivity index (χ0) is 22.1. The molecule has 31 heavy (non-hydrogen) atoms. The third-order valence-corrected chi connectivity index (χ3v) is 5.29. The third kappa shape index (κ3) is 4.03. The molecule has 1 aromatic heterocycles. The van der Waals surface area contributed by atoms with Gasteiger partial charge in [-0.05, 0) is 55.7 Å². The van der Waals surface area contributed by atoms with Crippen molar-refractivity contribution in [3.05, 3.63) is 95.2 Å². The summed E-state index contributed by atoms with van der Waals surface area (Å²) in [5.74, 6) is -1.04. The summed E-state index contributed by atoms with van der Waals surface area (Å²) in [5.41, 5.74) is 7.13. The summed E-state index contributed by atoms with van der Waals surface area (Å²) in [6, 6.07) is 22.9. The van der Waals surface area contributed by atoms with Gasteiger partial charge in [-0.15, -0.1) is 0 Å². The molecule has 0 amide bonds.